The van der Waals surface area contributed by atoms with Crippen molar-refractivity contribution in [2.75, 3.05) is 32.5 Å². The van der Waals surface area contributed by atoms with Gasteiger partial charge in [0.1, 0.15) is 0 Å². The van der Waals surface area contributed by atoms with E-state index in [0.717, 1.165) is 42.6 Å². The molecule has 2 amide bonds. The van der Waals surface area contributed by atoms with E-state index >= 15 is 0 Å². The summed E-state index contributed by atoms with van der Waals surface area (Å²) in [5, 5.41) is 5.86. The van der Waals surface area contributed by atoms with Gasteiger partial charge in [-0.15, -0.1) is 0 Å². The second kappa shape index (κ2) is 10.8. The number of hydrogen-bond donors (Lipinski definition) is 4. The number of urea groups is 1. The molecule has 1 aromatic heterocycles. The Morgan fingerprint density at radius 3 is 2.57 bits per heavy atom. The number of anilines is 1. The normalized spacial score (nSPS) is 10.5. The monoisotopic (exact) mass is 384 g/mol. The van der Waals surface area contributed by atoms with Crippen LogP contribution in [0.4, 0.5) is 10.7 Å². The number of amides is 2. The van der Waals surface area contributed by atoms with Crippen molar-refractivity contribution in [2.45, 2.75) is 19.4 Å². The third-order valence-electron chi connectivity index (χ3n) is 3.90. The van der Waals surface area contributed by atoms with Gasteiger partial charge in [-0.2, -0.15) is 4.99 Å². The number of rotatable bonds is 9. The van der Waals surface area contributed by atoms with Crippen molar-refractivity contribution in [1.29, 1.82) is 0 Å². The van der Waals surface area contributed by atoms with Crippen molar-refractivity contribution in [3.8, 4) is 11.1 Å². The van der Waals surface area contributed by atoms with Gasteiger partial charge in [0.15, 0.2) is 5.96 Å². The first-order valence-electron chi connectivity index (χ1n) is 9.11. The van der Waals surface area contributed by atoms with Crippen molar-refractivity contribution < 1.29 is 4.79 Å². The molecule has 0 unspecified atom stereocenters. The van der Waals surface area contributed by atoms with E-state index in [1.807, 2.05) is 24.3 Å². The maximum Gasteiger partial charge on any atom is 0.344 e. The summed E-state index contributed by atoms with van der Waals surface area (Å²) in [4.78, 5) is 25.8. The van der Waals surface area contributed by atoms with Gasteiger partial charge in [-0.1, -0.05) is 18.2 Å². The predicted octanol–water partition coefficient (Wildman–Crippen LogP) is 1.38. The molecule has 28 heavy (non-hydrogen) atoms. The van der Waals surface area contributed by atoms with Crippen LogP contribution in [-0.4, -0.2) is 54.0 Å². The molecule has 150 valence electrons. The zero-order chi connectivity index (χ0) is 20.4. The van der Waals surface area contributed by atoms with Crippen LogP contribution in [-0.2, 0) is 6.54 Å². The Morgan fingerprint density at radius 2 is 1.89 bits per heavy atom. The number of guanidine groups is 1. The molecule has 1 heterocycles. The van der Waals surface area contributed by atoms with E-state index in [0.29, 0.717) is 12.5 Å². The smallest absolute Gasteiger partial charge is 0.344 e. The van der Waals surface area contributed by atoms with Crippen LogP contribution in [0.3, 0.4) is 0 Å². The van der Waals surface area contributed by atoms with Crippen LogP contribution in [0.15, 0.2) is 41.7 Å². The maximum absolute atomic E-state index is 11.5. The molecule has 0 atom stereocenters. The Labute approximate surface area is 165 Å². The summed E-state index contributed by atoms with van der Waals surface area (Å²) < 4.78 is 0. The van der Waals surface area contributed by atoms with E-state index in [4.69, 9.17) is 11.5 Å². The molecule has 0 aliphatic carbocycles. The Kier molecular flexibility index (Phi) is 8.16. The van der Waals surface area contributed by atoms with Crippen LogP contribution in [0, 0.1) is 0 Å². The van der Waals surface area contributed by atoms with E-state index in [-0.39, 0.29) is 5.96 Å². The molecular weight excluding hydrogens is 356 g/mol. The molecule has 0 radical (unpaired) electrons. The number of aliphatic imine (C=N–C) groups is 1. The minimum atomic E-state index is -0.574. The van der Waals surface area contributed by atoms with Crippen LogP contribution in [0.25, 0.3) is 11.1 Å². The Balaban J connectivity index is 1.89. The van der Waals surface area contributed by atoms with Crippen LogP contribution in [0.5, 0.6) is 0 Å². The zero-order valence-electron chi connectivity index (χ0n) is 16.4. The van der Waals surface area contributed by atoms with Gasteiger partial charge in [0.2, 0.25) is 5.95 Å². The lowest BCUT2D eigenvalue weighted by Crippen LogP contribution is -2.28. The summed E-state index contributed by atoms with van der Waals surface area (Å²) in [6.07, 6.45) is 5.76. The highest BCUT2D eigenvalue weighted by molar-refractivity contribution is 5.90. The summed E-state index contributed by atoms with van der Waals surface area (Å²) in [6.45, 7) is 2.24. The molecule has 9 heteroatoms. The zero-order valence-corrected chi connectivity index (χ0v) is 16.4. The van der Waals surface area contributed by atoms with E-state index in [1.54, 1.807) is 12.4 Å². The third kappa shape index (κ3) is 7.58. The summed E-state index contributed by atoms with van der Waals surface area (Å²) in [6, 6.07) is 7.17. The first-order chi connectivity index (χ1) is 13.4. The minimum Gasteiger partial charge on any atom is -0.370 e. The highest BCUT2D eigenvalue weighted by Gasteiger charge is 2.04. The molecule has 1 aromatic carbocycles. The first-order valence-corrected chi connectivity index (χ1v) is 9.11. The quantitative estimate of drug-likeness (QED) is 0.291. The minimum absolute atomic E-state index is 0.269. The Bertz CT molecular complexity index is 785. The van der Waals surface area contributed by atoms with Gasteiger partial charge < -0.3 is 27.0 Å². The average Bonchev–Trinajstić information content (AvgIpc) is 2.66. The number of nitrogens with two attached hydrogens (primary N) is 2. The van der Waals surface area contributed by atoms with Crippen LogP contribution < -0.4 is 22.1 Å². The third-order valence-corrected chi connectivity index (χ3v) is 3.90. The number of carbonyl (C=O) groups excluding carboxylic acids is 1. The average molecular weight is 384 g/mol. The van der Waals surface area contributed by atoms with Crippen molar-refractivity contribution in [2.24, 2.45) is 16.5 Å². The van der Waals surface area contributed by atoms with Crippen LogP contribution >= 0.6 is 0 Å². The topological polar surface area (TPSA) is 135 Å². The fraction of sp³-hybridized carbons (Fsp3) is 0.368. The summed E-state index contributed by atoms with van der Waals surface area (Å²) >= 11 is 0. The molecule has 0 bridgehead atoms. The number of unbranched alkanes of at least 4 members (excludes halogenated alkanes) is 1. The molecule has 0 fully saturated rings. The standard InChI is InChI=1S/C19H28N8O/c1-27(2)9-4-3-8-22-18-23-12-16(13-24-18)15-7-5-6-14(10-15)11-25-19(28)26-17(20)21/h5-7,10,12-13H,3-4,8-9,11H2,1-2H3,(H,22,23,24)(H5,20,21,25,26,28). The number of hydrogen-bond acceptors (Lipinski definition) is 5. The molecule has 0 spiro atoms. The predicted molar refractivity (Wildman–Crippen MR) is 112 cm³/mol. The largest absolute Gasteiger partial charge is 0.370 e. The molecule has 9 nitrogen and oxygen atoms in total. The van der Waals surface area contributed by atoms with Gasteiger partial charge in [-0.05, 0) is 50.7 Å². The molecule has 0 saturated heterocycles. The number of aromatic nitrogens is 2. The highest BCUT2D eigenvalue weighted by atomic mass is 16.2. The van der Waals surface area contributed by atoms with Crippen LogP contribution in [0.1, 0.15) is 18.4 Å². The van der Waals surface area contributed by atoms with E-state index in [2.05, 4.69) is 44.6 Å². The van der Waals surface area contributed by atoms with Gasteiger partial charge in [-0.3, -0.25) is 0 Å². The molecule has 2 rings (SSSR count). The molecule has 0 aliphatic rings. The SMILES string of the molecule is CN(C)CCCCNc1ncc(-c2cccc(CNC(=O)N=C(N)N)c2)cn1. The van der Waals surface area contributed by atoms with E-state index in [1.165, 1.54) is 0 Å². The number of nitrogens with zero attached hydrogens (tertiary/aromatic N) is 4. The molecular formula is C19H28N8O. The lowest BCUT2D eigenvalue weighted by molar-refractivity contribution is 0.249. The van der Waals surface area contributed by atoms with Gasteiger partial charge in [0.05, 0.1) is 0 Å². The van der Waals surface area contributed by atoms with Crippen molar-refractivity contribution in [3.05, 3.63) is 42.2 Å². The number of nitrogens with one attached hydrogen (secondary N) is 2. The van der Waals surface area contributed by atoms with Crippen molar-refractivity contribution in [3.63, 3.8) is 0 Å². The lowest BCUT2D eigenvalue weighted by atomic mass is 10.1. The Morgan fingerprint density at radius 1 is 1.14 bits per heavy atom. The second-order valence-corrected chi connectivity index (χ2v) is 6.63. The fourth-order valence-electron chi connectivity index (χ4n) is 2.52. The maximum atomic E-state index is 11.5. The van der Waals surface area contributed by atoms with Gasteiger partial charge in [0.25, 0.3) is 0 Å². The van der Waals surface area contributed by atoms with Gasteiger partial charge in [0, 0.05) is 31.0 Å². The number of benzene rings is 1. The molecule has 0 saturated carbocycles. The van der Waals surface area contributed by atoms with E-state index < -0.39 is 6.03 Å². The van der Waals surface area contributed by atoms with Gasteiger partial charge >= 0.3 is 6.03 Å². The lowest BCUT2D eigenvalue weighted by Gasteiger charge is -2.10. The molecule has 0 aliphatic heterocycles. The molecule has 6 N–H and O–H groups in total. The molecule has 2 aromatic rings. The second-order valence-electron chi connectivity index (χ2n) is 6.63. The Hall–Kier alpha value is -3.20. The highest BCUT2D eigenvalue weighted by Crippen LogP contribution is 2.19. The van der Waals surface area contributed by atoms with Crippen molar-refractivity contribution >= 4 is 17.9 Å². The summed E-state index contributed by atoms with van der Waals surface area (Å²) in [7, 11) is 4.14. The van der Waals surface area contributed by atoms with E-state index in [9.17, 15) is 4.79 Å². The number of carbonyl (C=O) groups is 1. The van der Waals surface area contributed by atoms with Crippen LogP contribution in [0.2, 0.25) is 0 Å². The first kappa shape index (κ1) is 21.1. The van der Waals surface area contributed by atoms with Crippen molar-refractivity contribution in [1.82, 2.24) is 20.2 Å². The fourth-order valence-corrected chi connectivity index (χ4v) is 2.52. The van der Waals surface area contributed by atoms with Gasteiger partial charge in [-0.25, -0.2) is 14.8 Å². The summed E-state index contributed by atoms with van der Waals surface area (Å²) in [5.74, 6) is 0.351. The summed E-state index contributed by atoms with van der Waals surface area (Å²) in [5.41, 5.74) is 13.1.